The summed E-state index contributed by atoms with van der Waals surface area (Å²) in [7, 11) is 3.66. The second-order valence-corrected chi connectivity index (χ2v) is 8.68. The van der Waals surface area contributed by atoms with Gasteiger partial charge in [0, 0.05) is 17.8 Å². The van der Waals surface area contributed by atoms with Crippen LogP contribution in [0.1, 0.15) is 12.5 Å². The van der Waals surface area contributed by atoms with E-state index in [0.717, 1.165) is 41.2 Å². The van der Waals surface area contributed by atoms with Crippen molar-refractivity contribution in [2.75, 3.05) is 20.7 Å². The van der Waals surface area contributed by atoms with E-state index in [-0.39, 0.29) is 17.0 Å². The van der Waals surface area contributed by atoms with Crippen LogP contribution in [0.5, 0.6) is 11.5 Å². The molecular formula is C29H27FN4O2. The Morgan fingerprint density at radius 1 is 1.00 bits per heavy atom. The number of rotatable bonds is 7. The summed E-state index contributed by atoms with van der Waals surface area (Å²) in [6, 6.07) is 20.5. The predicted octanol–water partition coefficient (Wildman–Crippen LogP) is 6.06. The SMILES string of the molecule is CCN(C)Cc1ccccc1-c1ccc(-c2ncc3ncn(-c4ccc(OC)cc4)c3c2O)c(F)c1. The van der Waals surface area contributed by atoms with Gasteiger partial charge in [-0.1, -0.05) is 37.3 Å². The highest BCUT2D eigenvalue weighted by atomic mass is 19.1. The van der Waals surface area contributed by atoms with Gasteiger partial charge < -0.3 is 14.7 Å². The molecule has 0 spiro atoms. The van der Waals surface area contributed by atoms with Gasteiger partial charge in [0.2, 0.25) is 0 Å². The summed E-state index contributed by atoms with van der Waals surface area (Å²) >= 11 is 0. The molecule has 182 valence electrons. The molecule has 0 aliphatic heterocycles. The molecule has 0 saturated heterocycles. The number of methoxy groups -OCH3 is 1. The first-order valence-electron chi connectivity index (χ1n) is 11.8. The zero-order valence-electron chi connectivity index (χ0n) is 20.4. The number of hydrogen-bond donors (Lipinski definition) is 1. The van der Waals surface area contributed by atoms with Crippen LogP contribution < -0.4 is 4.74 Å². The van der Waals surface area contributed by atoms with E-state index in [4.69, 9.17) is 4.74 Å². The van der Waals surface area contributed by atoms with Gasteiger partial charge >= 0.3 is 0 Å². The van der Waals surface area contributed by atoms with Gasteiger partial charge in [-0.05, 0) is 66.7 Å². The summed E-state index contributed by atoms with van der Waals surface area (Å²) in [5.74, 6) is 0.140. The second kappa shape index (κ2) is 9.79. The molecule has 0 atom stereocenters. The van der Waals surface area contributed by atoms with Crippen LogP contribution in [0.4, 0.5) is 4.39 Å². The van der Waals surface area contributed by atoms with Crippen molar-refractivity contribution >= 4 is 11.0 Å². The fourth-order valence-corrected chi connectivity index (χ4v) is 4.34. The van der Waals surface area contributed by atoms with Gasteiger partial charge in [0.25, 0.3) is 0 Å². The van der Waals surface area contributed by atoms with Crippen LogP contribution in [-0.4, -0.2) is 45.2 Å². The fraction of sp³-hybridized carbons (Fsp3) is 0.172. The Balaban J connectivity index is 1.56. The van der Waals surface area contributed by atoms with Gasteiger partial charge in [0.15, 0.2) is 5.75 Å². The quantitative estimate of drug-likeness (QED) is 0.306. The maximum absolute atomic E-state index is 15.5. The molecule has 0 amide bonds. The molecule has 3 aromatic carbocycles. The molecule has 0 unspecified atom stereocenters. The van der Waals surface area contributed by atoms with Gasteiger partial charge in [0.05, 0.1) is 13.3 Å². The summed E-state index contributed by atoms with van der Waals surface area (Å²) < 4.78 is 22.5. The second-order valence-electron chi connectivity index (χ2n) is 8.68. The summed E-state index contributed by atoms with van der Waals surface area (Å²) in [6.45, 7) is 3.79. The Hall–Kier alpha value is -4.23. The van der Waals surface area contributed by atoms with Gasteiger partial charge in [-0.15, -0.1) is 0 Å². The molecule has 0 aliphatic carbocycles. The van der Waals surface area contributed by atoms with E-state index < -0.39 is 5.82 Å². The first-order valence-corrected chi connectivity index (χ1v) is 11.8. The van der Waals surface area contributed by atoms with Crippen LogP contribution in [-0.2, 0) is 6.54 Å². The number of aromatic nitrogens is 3. The normalized spacial score (nSPS) is 11.4. The van der Waals surface area contributed by atoms with Crippen LogP contribution in [0.15, 0.2) is 79.3 Å². The number of fused-ring (bicyclic) bond motifs is 1. The van der Waals surface area contributed by atoms with Crippen LogP contribution >= 0.6 is 0 Å². The lowest BCUT2D eigenvalue weighted by molar-refractivity contribution is 0.346. The van der Waals surface area contributed by atoms with Crippen molar-refractivity contribution in [3.63, 3.8) is 0 Å². The van der Waals surface area contributed by atoms with Crippen molar-refractivity contribution in [2.45, 2.75) is 13.5 Å². The average Bonchev–Trinajstić information content (AvgIpc) is 3.34. The van der Waals surface area contributed by atoms with Crippen LogP contribution in [0.25, 0.3) is 39.1 Å². The molecule has 0 fully saturated rings. The molecule has 0 saturated carbocycles. The van der Waals surface area contributed by atoms with Crippen molar-refractivity contribution in [1.82, 2.24) is 19.4 Å². The zero-order valence-corrected chi connectivity index (χ0v) is 20.4. The highest BCUT2D eigenvalue weighted by molar-refractivity contribution is 5.89. The molecule has 2 heterocycles. The van der Waals surface area contributed by atoms with Gasteiger partial charge in [-0.3, -0.25) is 4.57 Å². The lowest BCUT2D eigenvalue weighted by Gasteiger charge is -2.17. The minimum absolute atomic E-state index is 0.127. The summed E-state index contributed by atoms with van der Waals surface area (Å²) in [5.41, 5.74) is 5.04. The van der Waals surface area contributed by atoms with E-state index in [2.05, 4.69) is 34.9 Å². The monoisotopic (exact) mass is 482 g/mol. The van der Waals surface area contributed by atoms with Gasteiger partial charge in [-0.25, -0.2) is 14.4 Å². The number of pyridine rings is 1. The van der Waals surface area contributed by atoms with Crippen LogP contribution in [0, 0.1) is 5.82 Å². The van der Waals surface area contributed by atoms with Gasteiger partial charge in [0.1, 0.15) is 34.6 Å². The lowest BCUT2D eigenvalue weighted by Crippen LogP contribution is -2.17. The molecule has 1 N–H and O–H groups in total. The molecule has 0 aliphatic rings. The average molecular weight is 483 g/mol. The summed E-state index contributed by atoms with van der Waals surface area (Å²) in [6.07, 6.45) is 3.16. The minimum Gasteiger partial charge on any atom is -0.504 e. The predicted molar refractivity (Wildman–Crippen MR) is 140 cm³/mol. The Kier molecular flexibility index (Phi) is 6.40. The maximum Gasteiger partial charge on any atom is 0.168 e. The Bertz CT molecular complexity index is 1530. The summed E-state index contributed by atoms with van der Waals surface area (Å²) in [5, 5.41) is 11.2. The first kappa shape index (κ1) is 23.5. The first-order chi connectivity index (χ1) is 17.5. The van der Waals surface area contributed by atoms with Crippen LogP contribution in [0.3, 0.4) is 0 Å². The Labute approximate surface area is 209 Å². The number of benzene rings is 3. The highest BCUT2D eigenvalue weighted by Crippen LogP contribution is 2.37. The molecule has 7 heteroatoms. The maximum atomic E-state index is 15.5. The van der Waals surface area contributed by atoms with E-state index in [0.29, 0.717) is 11.0 Å². The highest BCUT2D eigenvalue weighted by Gasteiger charge is 2.19. The van der Waals surface area contributed by atoms with Crippen molar-refractivity contribution < 1.29 is 14.2 Å². The third-order valence-electron chi connectivity index (χ3n) is 6.44. The minimum atomic E-state index is -0.455. The zero-order chi connectivity index (χ0) is 25.2. The van der Waals surface area contributed by atoms with E-state index in [9.17, 15) is 5.11 Å². The third kappa shape index (κ3) is 4.29. The van der Waals surface area contributed by atoms with Crippen molar-refractivity contribution in [2.24, 2.45) is 0 Å². The molecular weight excluding hydrogens is 455 g/mol. The smallest absolute Gasteiger partial charge is 0.168 e. The van der Waals surface area contributed by atoms with E-state index in [1.54, 1.807) is 30.3 Å². The van der Waals surface area contributed by atoms with Crippen molar-refractivity contribution in [3.8, 4) is 39.6 Å². The molecule has 5 rings (SSSR count). The van der Waals surface area contributed by atoms with E-state index >= 15 is 4.39 Å². The van der Waals surface area contributed by atoms with E-state index in [1.165, 1.54) is 6.07 Å². The Morgan fingerprint density at radius 3 is 2.50 bits per heavy atom. The fourth-order valence-electron chi connectivity index (χ4n) is 4.34. The number of ether oxygens (including phenoxy) is 1. The lowest BCUT2D eigenvalue weighted by atomic mass is 9.97. The molecule has 2 aromatic heterocycles. The number of halogens is 1. The van der Waals surface area contributed by atoms with Gasteiger partial charge in [-0.2, -0.15) is 0 Å². The third-order valence-corrected chi connectivity index (χ3v) is 6.44. The number of imidazole rings is 1. The molecule has 0 radical (unpaired) electrons. The van der Waals surface area contributed by atoms with Crippen molar-refractivity contribution in [1.29, 1.82) is 0 Å². The molecule has 36 heavy (non-hydrogen) atoms. The van der Waals surface area contributed by atoms with Crippen molar-refractivity contribution in [3.05, 3.63) is 90.6 Å². The van der Waals surface area contributed by atoms with Crippen LogP contribution in [0.2, 0.25) is 0 Å². The topological polar surface area (TPSA) is 63.4 Å². The standard InChI is InChI=1S/C29H27FN4O2/c1-4-33(2)17-20-7-5-6-8-23(20)19-9-14-24(25(30)15-19)27-29(35)28-26(16-31-27)32-18-34(28)21-10-12-22(36-3)13-11-21/h5-16,18,35H,4,17H2,1-3H3. The molecule has 0 bridgehead atoms. The largest absolute Gasteiger partial charge is 0.504 e. The number of nitrogens with zero attached hydrogens (tertiary/aromatic N) is 4. The Morgan fingerprint density at radius 2 is 1.78 bits per heavy atom. The van der Waals surface area contributed by atoms with E-state index in [1.807, 2.05) is 48.5 Å². The number of aromatic hydroxyl groups is 1. The molecule has 6 nitrogen and oxygen atoms in total. The molecule has 5 aromatic rings. The summed E-state index contributed by atoms with van der Waals surface area (Å²) in [4.78, 5) is 10.9. The number of hydrogen-bond acceptors (Lipinski definition) is 5.